The quantitative estimate of drug-likeness (QED) is 0.662. The Balaban J connectivity index is 2.20. The summed E-state index contributed by atoms with van der Waals surface area (Å²) < 4.78 is 5.32. The van der Waals surface area contributed by atoms with E-state index in [4.69, 9.17) is 9.84 Å². The number of carboxylic acid groups (broad SMARTS) is 1. The van der Waals surface area contributed by atoms with E-state index in [1.807, 2.05) is 6.92 Å². The molecule has 1 rings (SSSR count). The number of carboxylic acids is 1. The first kappa shape index (κ1) is 14.8. The van der Waals surface area contributed by atoms with Crippen molar-refractivity contribution in [3.63, 3.8) is 0 Å². The molecule has 6 nitrogen and oxygen atoms in total. The molecule has 2 unspecified atom stereocenters. The molecular formula is C12H22N2O4. The Hall–Kier alpha value is -1.30. The minimum Gasteiger partial charge on any atom is -0.481 e. The summed E-state index contributed by atoms with van der Waals surface area (Å²) in [4.78, 5) is 22.1. The number of carbonyl (C=O) groups excluding carboxylic acids is 1. The normalized spacial score (nSPS) is 21.1. The first-order valence-electron chi connectivity index (χ1n) is 6.45. The highest BCUT2D eigenvalue weighted by molar-refractivity contribution is 5.75. The van der Waals surface area contributed by atoms with E-state index in [2.05, 4.69) is 10.6 Å². The number of urea groups is 1. The molecule has 1 heterocycles. The van der Waals surface area contributed by atoms with Crippen molar-refractivity contribution < 1.29 is 19.4 Å². The molecule has 1 fully saturated rings. The minimum absolute atomic E-state index is 0.0452. The number of nitrogens with one attached hydrogen (secondary N) is 2. The number of aliphatic carboxylic acids is 1. The first-order chi connectivity index (χ1) is 8.61. The predicted octanol–water partition coefficient (Wildman–Crippen LogP) is 0.965. The fraction of sp³-hybridized carbons (Fsp3) is 0.833. The molecule has 0 aromatic rings. The second-order valence-electron chi connectivity index (χ2n) is 4.64. The molecule has 0 aromatic carbocycles. The van der Waals surface area contributed by atoms with Crippen LogP contribution in [-0.4, -0.2) is 42.9 Å². The molecule has 6 heteroatoms. The van der Waals surface area contributed by atoms with Crippen molar-refractivity contribution >= 4 is 12.0 Å². The van der Waals surface area contributed by atoms with Gasteiger partial charge in [0.25, 0.3) is 0 Å². The number of amides is 2. The zero-order valence-electron chi connectivity index (χ0n) is 10.8. The van der Waals surface area contributed by atoms with Crippen LogP contribution in [0.15, 0.2) is 0 Å². The zero-order chi connectivity index (χ0) is 13.4. The summed E-state index contributed by atoms with van der Waals surface area (Å²) in [5.41, 5.74) is 0. The summed E-state index contributed by atoms with van der Waals surface area (Å²) in [6.07, 6.45) is 2.65. The molecule has 0 aromatic heterocycles. The predicted molar refractivity (Wildman–Crippen MR) is 66.4 cm³/mol. The molecule has 0 radical (unpaired) electrons. The Morgan fingerprint density at radius 3 is 2.83 bits per heavy atom. The van der Waals surface area contributed by atoms with Crippen molar-refractivity contribution in [2.45, 2.75) is 38.6 Å². The van der Waals surface area contributed by atoms with E-state index in [0.717, 1.165) is 19.4 Å². The number of hydrogen-bond acceptors (Lipinski definition) is 3. The standard InChI is InChI=1S/C12H22N2O4/c1-2-10(6-11(15)16)14-12(17)13-7-9-4-3-5-18-8-9/h9-10H,2-8H2,1H3,(H,15,16)(H2,13,14,17). The molecule has 1 aliphatic rings. The summed E-state index contributed by atoms with van der Waals surface area (Å²) in [6, 6.07) is -0.612. The number of ether oxygens (including phenoxy) is 1. The molecule has 2 amide bonds. The van der Waals surface area contributed by atoms with Gasteiger partial charge < -0.3 is 20.5 Å². The van der Waals surface area contributed by atoms with Gasteiger partial charge in [-0.3, -0.25) is 4.79 Å². The monoisotopic (exact) mass is 258 g/mol. The van der Waals surface area contributed by atoms with Crippen LogP contribution < -0.4 is 10.6 Å². The van der Waals surface area contributed by atoms with E-state index in [1.165, 1.54) is 0 Å². The molecule has 0 aliphatic carbocycles. The Morgan fingerprint density at radius 2 is 2.28 bits per heavy atom. The third-order valence-corrected chi connectivity index (χ3v) is 3.05. The Kier molecular flexibility index (Phi) is 6.49. The second kappa shape index (κ2) is 7.92. The van der Waals surface area contributed by atoms with E-state index in [1.54, 1.807) is 0 Å². The highest BCUT2D eigenvalue weighted by atomic mass is 16.5. The lowest BCUT2D eigenvalue weighted by Gasteiger charge is -2.23. The molecule has 18 heavy (non-hydrogen) atoms. The van der Waals surface area contributed by atoms with Crippen molar-refractivity contribution in [3.8, 4) is 0 Å². The van der Waals surface area contributed by atoms with Crippen LogP contribution in [0.5, 0.6) is 0 Å². The summed E-state index contributed by atoms with van der Waals surface area (Å²) >= 11 is 0. The minimum atomic E-state index is -0.900. The number of carbonyl (C=O) groups is 2. The highest BCUT2D eigenvalue weighted by Crippen LogP contribution is 2.11. The summed E-state index contributed by atoms with van der Waals surface area (Å²) in [5, 5.41) is 14.1. The van der Waals surface area contributed by atoms with Gasteiger partial charge in [-0.2, -0.15) is 0 Å². The van der Waals surface area contributed by atoms with Gasteiger partial charge in [0.05, 0.1) is 13.0 Å². The third-order valence-electron chi connectivity index (χ3n) is 3.05. The van der Waals surface area contributed by atoms with E-state index in [9.17, 15) is 9.59 Å². The molecule has 1 aliphatic heterocycles. The van der Waals surface area contributed by atoms with Gasteiger partial charge in [-0.15, -0.1) is 0 Å². The largest absolute Gasteiger partial charge is 0.481 e. The second-order valence-corrected chi connectivity index (χ2v) is 4.64. The molecule has 0 spiro atoms. The molecule has 0 saturated carbocycles. The average Bonchev–Trinajstić information content (AvgIpc) is 2.36. The van der Waals surface area contributed by atoms with E-state index in [0.29, 0.717) is 25.5 Å². The van der Waals surface area contributed by atoms with E-state index >= 15 is 0 Å². The van der Waals surface area contributed by atoms with Crippen LogP contribution >= 0.6 is 0 Å². The van der Waals surface area contributed by atoms with Crippen LogP contribution in [0.3, 0.4) is 0 Å². The van der Waals surface area contributed by atoms with Gasteiger partial charge in [0.1, 0.15) is 0 Å². The lowest BCUT2D eigenvalue weighted by atomic mass is 10.0. The summed E-state index contributed by atoms with van der Waals surface area (Å²) in [5.74, 6) is -0.535. The van der Waals surface area contributed by atoms with Crippen LogP contribution in [0.2, 0.25) is 0 Å². The van der Waals surface area contributed by atoms with Gasteiger partial charge in [0, 0.05) is 19.2 Å². The van der Waals surface area contributed by atoms with Crippen molar-refractivity contribution in [2.75, 3.05) is 19.8 Å². The molecule has 3 N–H and O–H groups in total. The van der Waals surface area contributed by atoms with Gasteiger partial charge in [0.2, 0.25) is 0 Å². The number of rotatable bonds is 6. The zero-order valence-corrected chi connectivity index (χ0v) is 10.8. The van der Waals surface area contributed by atoms with Crippen molar-refractivity contribution in [3.05, 3.63) is 0 Å². The van der Waals surface area contributed by atoms with Gasteiger partial charge >= 0.3 is 12.0 Å². The maximum atomic E-state index is 11.6. The van der Waals surface area contributed by atoms with Crippen molar-refractivity contribution in [1.82, 2.24) is 10.6 Å². The summed E-state index contributed by atoms with van der Waals surface area (Å²) in [6.45, 7) is 3.92. The Morgan fingerprint density at radius 1 is 1.50 bits per heavy atom. The van der Waals surface area contributed by atoms with Gasteiger partial charge in [-0.1, -0.05) is 6.92 Å². The maximum absolute atomic E-state index is 11.6. The lowest BCUT2D eigenvalue weighted by Crippen LogP contribution is -2.45. The van der Waals surface area contributed by atoms with Crippen LogP contribution in [-0.2, 0) is 9.53 Å². The van der Waals surface area contributed by atoms with E-state index < -0.39 is 5.97 Å². The van der Waals surface area contributed by atoms with Crippen LogP contribution in [0, 0.1) is 5.92 Å². The molecule has 1 saturated heterocycles. The number of hydrogen-bond donors (Lipinski definition) is 3. The topological polar surface area (TPSA) is 87.7 Å². The third kappa shape index (κ3) is 5.86. The molecule has 104 valence electrons. The van der Waals surface area contributed by atoms with Gasteiger partial charge in [-0.25, -0.2) is 4.79 Å². The van der Waals surface area contributed by atoms with Gasteiger partial charge in [-0.05, 0) is 25.2 Å². The van der Waals surface area contributed by atoms with Gasteiger partial charge in [0.15, 0.2) is 0 Å². The highest BCUT2D eigenvalue weighted by Gasteiger charge is 2.17. The fourth-order valence-corrected chi connectivity index (χ4v) is 1.95. The van der Waals surface area contributed by atoms with Crippen LogP contribution in [0.1, 0.15) is 32.6 Å². The maximum Gasteiger partial charge on any atom is 0.315 e. The SMILES string of the molecule is CCC(CC(=O)O)NC(=O)NCC1CCCOC1. The van der Waals surface area contributed by atoms with Crippen molar-refractivity contribution in [1.29, 1.82) is 0 Å². The average molecular weight is 258 g/mol. The van der Waals surface area contributed by atoms with E-state index in [-0.39, 0.29) is 18.5 Å². The molecule has 0 bridgehead atoms. The lowest BCUT2D eigenvalue weighted by molar-refractivity contribution is -0.137. The smallest absolute Gasteiger partial charge is 0.315 e. The molecule has 2 atom stereocenters. The first-order valence-corrected chi connectivity index (χ1v) is 6.45. The summed E-state index contributed by atoms with van der Waals surface area (Å²) in [7, 11) is 0. The Bertz CT molecular complexity index is 277. The van der Waals surface area contributed by atoms with Crippen LogP contribution in [0.4, 0.5) is 4.79 Å². The van der Waals surface area contributed by atoms with Crippen molar-refractivity contribution in [2.24, 2.45) is 5.92 Å². The fourth-order valence-electron chi connectivity index (χ4n) is 1.95. The van der Waals surface area contributed by atoms with Crippen LogP contribution in [0.25, 0.3) is 0 Å². The molecular weight excluding hydrogens is 236 g/mol. The Labute approximate surface area is 107 Å².